The number of ether oxygens (including phenoxy) is 2. The molecule has 27 heavy (non-hydrogen) atoms. The van der Waals surface area contributed by atoms with E-state index in [-0.39, 0.29) is 18.7 Å². The van der Waals surface area contributed by atoms with E-state index in [1.807, 2.05) is 18.2 Å². The van der Waals surface area contributed by atoms with E-state index in [1.54, 1.807) is 24.1 Å². The average Bonchev–Trinajstić information content (AvgIpc) is 3.31. The van der Waals surface area contributed by atoms with Crippen LogP contribution in [0.4, 0.5) is 0 Å². The van der Waals surface area contributed by atoms with Gasteiger partial charge in [-0.2, -0.15) is 5.10 Å². The highest BCUT2D eigenvalue weighted by molar-refractivity contribution is 5.93. The number of amides is 1. The van der Waals surface area contributed by atoms with Crippen molar-refractivity contribution in [2.75, 3.05) is 26.4 Å². The normalized spacial score (nSPS) is 18.4. The Hall–Kier alpha value is -2.58. The second kappa shape index (κ2) is 7.58. The molecule has 1 saturated heterocycles. The van der Waals surface area contributed by atoms with Crippen molar-refractivity contribution < 1.29 is 19.4 Å². The molecule has 2 N–H and O–H groups in total. The van der Waals surface area contributed by atoms with E-state index in [4.69, 9.17) is 9.47 Å². The minimum atomic E-state index is -0.582. The monoisotopic (exact) mass is 372 g/mol. The lowest BCUT2D eigenvalue weighted by molar-refractivity contribution is 0.0827. The minimum Gasteiger partial charge on any atom is -0.454 e. The van der Waals surface area contributed by atoms with Crippen LogP contribution in [0.15, 0.2) is 30.6 Å². The zero-order chi connectivity index (χ0) is 18.8. The number of aliphatic hydroxyl groups is 1. The number of fused-ring (bicyclic) bond motifs is 1. The highest BCUT2D eigenvalue weighted by Crippen LogP contribution is 2.34. The molecule has 8 nitrogen and oxygen atoms in total. The quantitative estimate of drug-likeness (QED) is 0.816. The van der Waals surface area contributed by atoms with E-state index >= 15 is 0 Å². The SMILES string of the molecule is Cn1cc(C(=O)NC2CCN(C[C@@H](O)c3ccc4c(c3)OCO4)CC2)cn1. The fourth-order valence-electron chi connectivity index (χ4n) is 3.54. The second-order valence-electron chi connectivity index (χ2n) is 7.08. The predicted molar refractivity (Wildman–Crippen MR) is 97.7 cm³/mol. The van der Waals surface area contributed by atoms with Crippen LogP contribution in [0.1, 0.15) is 34.9 Å². The molecule has 0 spiro atoms. The number of aliphatic hydroxyl groups excluding tert-OH is 1. The van der Waals surface area contributed by atoms with E-state index in [1.165, 1.54) is 0 Å². The molecule has 3 heterocycles. The number of carbonyl (C=O) groups is 1. The van der Waals surface area contributed by atoms with Gasteiger partial charge in [0.25, 0.3) is 5.91 Å². The number of aryl methyl sites for hydroxylation is 1. The first-order valence-electron chi connectivity index (χ1n) is 9.18. The Bertz CT molecular complexity index is 814. The third-order valence-electron chi connectivity index (χ3n) is 5.10. The summed E-state index contributed by atoms with van der Waals surface area (Å²) in [5.74, 6) is 1.32. The van der Waals surface area contributed by atoms with Crippen molar-refractivity contribution in [3.63, 3.8) is 0 Å². The molecule has 2 aliphatic rings. The van der Waals surface area contributed by atoms with E-state index in [9.17, 15) is 9.90 Å². The Kier molecular flexibility index (Phi) is 5.00. The number of β-amino-alcohol motifs (C(OH)–C–C–N with tert-alkyl or cyclic N) is 1. The van der Waals surface area contributed by atoms with Gasteiger partial charge in [-0.3, -0.25) is 9.48 Å². The number of aromatic nitrogens is 2. The van der Waals surface area contributed by atoms with Gasteiger partial charge in [0.05, 0.1) is 17.9 Å². The molecule has 2 aliphatic heterocycles. The standard InChI is InChI=1S/C19H24N4O4/c1-22-10-14(9-20-22)19(25)21-15-4-6-23(7-5-15)11-16(24)13-2-3-17-18(8-13)27-12-26-17/h2-3,8-10,15-16,24H,4-7,11-12H2,1H3,(H,21,25)/t16-/m1/s1. The fourth-order valence-corrected chi connectivity index (χ4v) is 3.54. The molecule has 2 aromatic rings. The summed E-state index contributed by atoms with van der Waals surface area (Å²) in [5.41, 5.74) is 1.41. The molecule has 0 unspecified atom stereocenters. The highest BCUT2D eigenvalue weighted by Gasteiger charge is 2.24. The molecule has 0 saturated carbocycles. The van der Waals surface area contributed by atoms with Gasteiger partial charge >= 0.3 is 0 Å². The van der Waals surface area contributed by atoms with Crippen molar-refractivity contribution in [2.24, 2.45) is 7.05 Å². The molecule has 1 aromatic heterocycles. The van der Waals surface area contributed by atoms with Crippen LogP contribution in [-0.4, -0.2) is 58.2 Å². The first kappa shape index (κ1) is 17.8. The summed E-state index contributed by atoms with van der Waals surface area (Å²) < 4.78 is 12.3. The van der Waals surface area contributed by atoms with Crippen LogP contribution in [0.2, 0.25) is 0 Å². The largest absolute Gasteiger partial charge is 0.454 e. The maximum absolute atomic E-state index is 12.2. The highest BCUT2D eigenvalue weighted by atomic mass is 16.7. The third kappa shape index (κ3) is 4.06. The van der Waals surface area contributed by atoms with Crippen molar-refractivity contribution in [3.05, 3.63) is 41.7 Å². The van der Waals surface area contributed by atoms with Gasteiger partial charge < -0.3 is 24.8 Å². The summed E-state index contributed by atoms with van der Waals surface area (Å²) in [6.07, 6.45) is 4.43. The van der Waals surface area contributed by atoms with Gasteiger partial charge in [-0.15, -0.1) is 0 Å². The Labute approximate surface area is 157 Å². The summed E-state index contributed by atoms with van der Waals surface area (Å²) in [5, 5.41) is 17.6. The van der Waals surface area contributed by atoms with Crippen LogP contribution in [0, 0.1) is 0 Å². The van der Waals surface area contributed by atoms with Crippen molar-refractivity contribution in [1.29, 1.82) is 0 Å². The fraction of sp³-hybridized carbons (Fsp3) is 0.474. The molecule has 1 atom stereocenters. The Morgan fingerprint density at radius 2 is 2.11 bits per heavy atom. The molecule has 0 aliphatic carbocycles. The molecule has 0 radical (unpaired) electrons. The molecule has 1 aromatic carbocycles. The number of rotatable bonds is 5. The van der Waals surface area contributed by atoms with Gasteiger partial charge in [0.1, 0.15) is 0 Å². The van der Waals surface area contributed by atoms with Gasteiger partial charge in [-0.05, 0) is 30.5 Å². The number of hydrogen-bond acceptors (Lipinski definition) is 6. The van der Waals surface area contributed by atoms with Crippen LogP contribution in [0.5, 0.6) is 11.5 Å². The molecular formula is C19H24N4O4. The summed E-state index contributed by atoms with van der Waals surface area (Å²) in [6, 6.07) is 5.70. The van der Waals surface area contributed by atoms with Crippen LogP contribution in [0.3, 0.4) is 0 Å². The molecule has 8 heteroatoms. The second-order valence-corrected chi connectivity index (χ2v) is 7.08. The zero-order valence-electron chi connectivity index (χ0n) is 15.3. The lowest BCUT2D eigenvalue weighted by Gasteiger charge is -2.33. The smallest absolute Gasteiger partial charge is 0.254 e. The number of carbonyl (C=O) groups excluding carboxylic acids is 1. The molecule has 0 bridgehead atoms. The summed E-state index contributed by atoms with van der Waals surface area (Å²) in [4.78, 5) is 14.4. The van der Waals surface area contributed by atoms with Crippen molar-refractivity contribution >= 4 is 5.91 Å². The van der Waals surface area contributed by atoms with Gasteiger partial charge in [0.15, 0.2) is 11.5 Å². The first-order valence-corrected chi connectivity index (χ1v) is 9.18. The van der Waals surface area contributed by atoms with Crippen LogP contribution in [0.25, 0.3) is 0 Å². The molecule has 1 fully saturated rings. The number of hydrogen-bond donors (Lipinski definition) is 2. The van der Waals surface area contributed by atoms with Gasteiger partial charge in [-0.25, -0.2) is 0 Å². The lowest BCUT2D eigenvalue weighted by Crippen LogP contribution is -2.45. The predicted octanol–water partition coefficient (Wildman–Crippen LogP) is 1.08. The average molecular weight is 372 g/mol. The molecule has 144 valence electrons. The Morgan fingerprint density at radius 3 is 2.85 bits per heavy atom. The minimum absolute atomic E-state index is 0.0815. The first-order chi connectivity index (χ1) is 13.1. The maximum Gasteiger partial charge on any atom is 0.254 e. The number of nitrogens with one attached hydrogen (secondary N) is 1. The molecular weight excluding hydrogens is 348 g/mol. The summed E-state index contributed by atoms with van der Waals surface area (Å²) in [7, 11) is 1.79. The Balaban J connectivity index is 1.26. The van der Waals surface area contributed by atoms with E-state index in [0.29, 0.717) is 17.9 Å². The van der Waals surface area contributed by atoms with E-state index < -0.39 is 6.10 Å². The van der Waals surface area contributed by atoms with Crippen molar-refractivity contribution in [1.82, 2.24) is 20.0 Å². The van der Waals surface area contributed by atoms with E-state index in [0.717, 1.165) is 37.2 Å². The van der Waals surface area contributed by atoms with Gasteiger partial charge in [-0.1, -0.05) is 6.07 Å². The Morgan fingerprint density at radius 1 is 1.33 bits per heavy atom. The summed E-state index contributed by atoms with van der Waals surface area (Å²) in [6.45, 7) is 2.45. The zero-order valence-corrected chi connectivity index (χ0v) is 15.3. The molecule has 1 amide bonds. The van der Waals surface area contributed by atoms with Gasteiger partial charge in [0, 0.05) is 38.9 Å². The topological polar surface area (TPSA) is 88.9 Å². The third-order valence-corrected chi connectivity index (χ3v) is 5.10. The maximum atomic E-state index is 12.2. The summed E-state index contributed by atoms with van der Waals surface area (Å²) >= 11 is 0. The number of piperidine rings is 1. The number of nitrogens with zero attached hydrogens (tertiary/aromatic N) is 3. The van der Waals surface area contributed by atoms with Crippen LogP contribution >= 0.6 is 0 Å². The van der Waals surface area contributed by atoms with Crippen LogP contribution in [-0.2, 0) is 7.05 Å². The van der Waals surface area contributed by atoms with Crippen LogP contribution < -0.4 is 14.8 Å². The van der Waals surface area contributed by atoms with E-state index in [2.05, 4.69) is 15.3 Å². The molecule has 4 rings (SSSR count). The number of benzene rings is 1. The van der Waals surface area contributed by atoms with Crippen molar-refractivity contribution in [2.45, 2.75) is 25.0 Å². The number of likely N-dealkylation sites (tertiary alicyclic amines) is 1. The lowest BCUT2D eigenvalue weighted by atomic mass is 10.0. The van der Waals surface area contributed by atoms with Crippen molar-refractivity contribution in [3.8, 4) is 11.5 Å². The van der Waals surface area contributed by atoms with Gasteiger partial charge in [0.2, 0.25) is 6.79 Å².